The Morgan fingerprint density at radius 1 is 1.20 bits per heavy atom. The zero-order valence-corrected chi connectivity index (χ0v) is 12.1. The summed E-state index contributed by atoms with van der Waals surface area (Å²) in [5, 5.41) is 2.89. The second-order valence-corrected chi connectivity index (χ2v) is 4.81. The van der Waals surface area contributed by atoms with Gasteiger partial charge in [0, 0.05) is 19.2 Å². The predicted octanol–water partition coefficient (Wildman–Crippen LogP) is 2.59. The number of aryl methyl sites for hydroxylation is 3. The Bertz CT molecular complexity index is 606. The molecule has 0 aliphatic carbocycles. The van der Waals surface area contributed by atoms with Crippen molar-refractivity contribution in [3.8, 4) is 0 Å². The first-order valence-corrected chi connectivity index (χ1v) is 6.76. The summed E-state index contributed by atoms with van der Waals surface area (Å²) in [5.41, 5.74) is 3.54. The van der Waals surface area contributed by atoms with E-state index in [9.17, 15) is 4.79 Å². The van der Waals surface area contributed by atoms with Crippen molar-refractivity contribution in [2.24, 2.45) is 0 Å². The molecule has 1 aromatic heterocycles. The normalized spacial score (nSPS) is 10.3. The van der Waals surface area contributed by atoms with E-state index in [2.05, 4.69) is 15.3 Å². The molecule has 2 rings (SSSR count). The third kappa shape index (κ3) is 3.41. The lowest BCUT2D eigenvalue weighted by Gasteiger charge is -2.08. The van der Waals surface area contributed by atoms with Crippen LogP contribution in [0.15, 0.2) is 30.5 Å². The van der Waals surface area contributed by atoms with Crippen LogP contribution in [0.3, 0.4) is 0 Å². The number of hydrogen-bond acceptors (Lipinski definition) is 3. The van der Waals surface area contributed by atoms with E-state index < -0.39 is 0 Å². The molecule has 0 radical (unpaired) electrons. The van der Waals surface area contributed by atoms with Gasteiger partial charge in [0.05, 0.1) is 11.3 Å². The van der Waals surface area contributed by atoms with E-state index >= 15 is 0 Å². The molecule has 1 N–H and O–H groups in total. The standard InChI is InChI=1S/C16H19N3O/c1-4-15-17-10-14(12(3)19-15)16(20)18-9-13-7-5-11(2)6-8-13/h5-8,10H,4,9H2,1-3H3,(H,18,20). The smallest absolute Gasteiger partial charge is 0.254 e. The highest BCUT2D eigenvalue weighted by molar-refractivity contribution is 5.94. The molecule has 104 valence electrons. The fraction of sp³-hybridized carbons (Fsp3) is 0.312. The summed E-state index contributed by atoms with van der Waals surface area (Å²) in [6, 6.07) is 8.09. The molecule has 1 aromatic carbocycles. The first kappa shape index (κ1) is 14.2. The van der Waals surface area contributed by atoms with Gasteiger partial charge < -0.3 is 5.32 Å². The molecule has 0 atom stereocenters. The Morgan fingerprint density at radius 2 is 1.90 bits per heavy atom. The van der Waals surface area contributed by atoms with Crippen LogP contribution < -0.4 is 5.32 Å². The average molecular weight is 269 g/mol. The molecule has 0 aliphatic heterocycles. The molecule has 0 spiro atoms. The second-order valence-electron chi connectivity index (χ2n) is 4.81. The van der Waals surface area contributed by atoms with Gasteiger partial charge in [-0.1, -0.05) is 36.8 Å². The van der Waals surface area contributed by atoms with Crippen LogP contribution in [-0.2, 0) is 13.0 Å². The third-order valence-electron chi connectivity index (χ3n) is 3.16. The van der Waals surface area contributed by atoms with E-state index in [0.29, 0.717) is 12.1 Å². The molecular weight excluding hydrogens is 250 g/mol. The lowest BCUT2D eigenvalue weighted by Crippen LogP contribution is -2.24. The van der Waals surface area contributed by atoms with E-state index in [0.717, 1.165) is 23.5 Å². The molecular formula is C16H19N3O. The molecule has 1 heterocycles. The molecule has 20 heavy (non-hydrogen) atoms. The second kappa shape index (κ2) is 6.28. The quantitative estimate of drug-likeness (QED) is 0.928. The highest BCUT2D eigenvalue weighted by atomic mass is 16.1. The summed E-state index contributed by atoms with van der Waals surface area (Å²) in [5.74, 6) is 0.628. The van der Waals surface area contributed by atoms with Crippen LogP contribution in [0.25, 0.3) is 0 Å². The summed E-state index contributed by atoms with van der Waals surface area (Å²) in [4.78, 5) is 20.6. The van der Waals surface area contributed by atoms with Gasteiger partial charge in [-0.3, -0.25) is 4.79 Å². The molecule has 2 aromatic rings. The van der Waals surface area contributed by atoms with Gasteiger partial charge in [0.2, 0.25) is 0 Å². The van der Waals surface area contributed by atoms with Crippen molar-refractivity contribution in [1.29, 1.82) is 0 Å². The van der Waals surface area contributed by atoms with E-state index in [1.165, 1.54) is 5.56 Å². The van der Waals surface area contributed by atoms with Crippen molar-refractivity contribution >= 4 is 5.91 Å². The van der Waals surface area contributed by atoms with Crippen molar-refractivity contribution in [2.45, 2.75) is 33.7 Å². The number of hydrogen-bond donors (Lipinski definition) is 1. The monoisotopic (exact) mass is 269 g/mol. The van der Waals surface area contributed by atoms with Gasteiger partial charge in [-0.2, -0.15) is 0 Å². The summed E-state index contributed by atoms with van der Waals surface area (Å²) < 4.78 is 0. The maximum absolute atomic E-state index is 12.1. The number of carbonyl (C=O) groups excluding carboxylic acids is 1. The fourth-order valence-corrected chi connectivity index (χ4v) is 1.89. The average Bonchev–Trinajstić information content (AvgIpc) is 2.46. The van der Waals surface area contributed by atoms with Gasteiger partial charge in [0.1, 0.15) is 5.82 Å². The fourth-order valence-electron chi connectivity index (χ4n) is 1.89. The minimum absolute atomic E-state index is 0.134. The van der Waals surface area contributed by atoms with Gasteiger partial charge in [0.25, 0.3) is 5.91 Å². The van der Waals surface area contributed by atoms with Gasteiger partial charge in [-0.25, -0.2) is 9.97 Å². The van der Waals surface area contributed by atoms with Crippen molar-refractivity contribution in [2.75, 3.05) is 0 Å². The van der Waals surface area contributed by atoms with Crippen LogP contribution in [-0.4, -0.2) is 15.9 Å². The number of benzene rings is 1. The Balaban J connectivity index is 2.03. The van der Waals surface area contributed by atoms with Crippen LogP contribution in [0, 0.1) is 13.8 Å². The molecule has 0 aliphatic rings. The minimum Gasteiger partial charge on any atom is -0.348 e. The van der Waals surface area contributed by atoms with Crippen LogP contribution in [0.5, 0.6) is 0 Å². The van der Waals surface area contributed by atoms with Crippen molar-refractivity contribution in [1.82, 2.24) is 15.3 Å². The summed E-state index contributed by atoms with van der Waals surface area (Å²) >= 11 is 0. The summed E-state index contributed by atoms with van der Waals surface area (Å²) in [7, 11) is 0. The zero-order valence-electron chi connectivity index (χ0n) is 12.1. The third-order valence-corrected chi connectivity index (χ3v) is 3.16. The van der Waals surface area contributed by atoms with Crippen molar-refractivity contribution in [3.05, 3.63) is 58.7 Å². The molecule has 1 amide bonds. The van der Waals surface area contributed by atoms with Crippen LogP contribution in [0.1, 0.15) is 39.9 Å². The number of nitrogens with zero attached hydrogens (tertiary/aromatic N) is 2. The zero-order chi connectivity index (χ0) is 14.5. The number of nitrogens with one attached hydrogen (secondary N) is 1. The highest BCUT2D eigenvalue weighted by Crippen LogP contribution is 2.06. The Labute approximate surface area is 119 Å². The Kier molecular flexibility index (Phi) is 4.45. The Morgan fingerprint density at radius 3 is 2.50 bits per heavy atom. The lowest BCUT2D eigenvalue weighted by atomic mass is 10.1. The maximum Gasteiger partial charge on any atom is 0.254 e. The largest absolute Gasteiger partial charge is 0.348 e. The molecule has 4 heteroatoms. The van der Waals surface area contributed by atoms with Gasteiger partial charge >= 0.3 is 0 Å². The molecule has 4 nitrogen and oxygen atoms in total. The van der Waals surface area contributed by atoms with Crippen molar-refractivity contribution < 1.29 is 4.79 Å². The van der Waals surface area contributed by atoms with Gasteiger partial charge in [0.15, 0.2) is 0 Å². The first-order chi connectivity index (χ1) is 9.60. The lowest BCUT2D eigenvalue weighted by molar-refractivity contribution is 0.0949. The first-order valence-electron chi connectivity index (χ1n) is 6.76. The number of aromatic nitrogens is 2. The van der Waals surface area contributed by atoms with E-state index in [-0.39, 0.29) is 5.91 Å². The van der Waals surface area contributed by atoms with Crippen molar-refractivity contribution in [3.63, 3.8) is 0 Å². The van der Waals surface area contributed by atoms with Crippen LogP contribution >= 0.6 is 0 Å². The van der Waals surface area contributed by atoms with Gasteiger partial charge in [-0.15, -0.1) is 0 Å². The number of rotatable bonds is 4. The maximum atomic E-state index is 12.1. The SMILES string of the molecule is CCc1ncc(C(=O)NCc2ccc(C)cc2)c(C)n1. The molecule has 0 saturated carbocycles. The van der Waals surface area contributed by atoms with Gasteiger partial charge in [-0.05, 0) is 19.4 Å². The van der Waals surface area contributed by atoms with E-state index in [4.69, 9.17) is 0 Å². The minimum atomic E-state index is -0.134. The van der Waals surface area contributed by atoms with Crippen LogP contribution in [0.4, 0.5) is 0 Å². The van der Waals surface area contributed by atoms with E-state index in [1.807, 2.05) is 45.0 Å². The summed E-state index contributed by atoms with van der Waals surface area (Å²) in [6.07, 6.45) is 2.37. The molecule has 0 bridgehead atoms. The number of carbonyl (C=O) groups is 1. The molecule has 0 unspecified atom stereocenters. The highest BCUT2D eigenvalue weighted by Gasteiger charge is 2.10. The van der Waals surface area contributed by atoms with Crippen LogP contribution in [0.2, 0.25) is 0 Å². The number of amides is 1. The summed E-state index contributed by atoms with van der Waals surface area (Å²) in [6.45, 7) is 6.37. The Hall–Kier alpha value is -2.23. The topological polar surface area (TPSA) is 54.9 Å². The predicted molar refractivity (Wildman–Crippen MR) is 78.5 cm³/mol. The molecule has 0 fully saturated rings. The van der Waals surface area contributed by atoms with E-state index in [1.54, 1.807) is 6.20 Å². The molecule has 0 saturated heterocycles.